The molecule has 0 amide bonds. The van der Waals surface area contributed by atoms with Crippen LogP contribution < -0.4 is 0 Å². The van der Waals surface area contributed by atoms with Gasteiger partial charge in [-0.2, -0.15) is 5.10 Å². The molecule has 0 N–H and O–H groups in total. The van der Waals surface area contributed by atoms with Crippen molar-refractivity contribution in [1.82, 2.24) is 24.3 Å². The second-order valence-corrected chi connectivity index (χ2v) is 6.95. The third kappa shape index (κ3) is 3.08. The maximum atomic E-state index is 5.92. The van der Waals surface area contributed by atoms with Crippen molar-refractivity contribution in [3.63, 3.8) is 0 Å². The van der Waals surface area contributed by atoms with E-state index >= 15 is 0 Å². The largest absolute Gasteiger partial charge is 0.327 e. The van der Waals surface area contributed by atoms with Crippen LogP contribution in [-0.4, -0.2) is 24.3 Å². The van der Waals surface area contributed by atoms with Gasteiger partial charge in [0, 0.05) is 36.4 Å². The van der Waals surface area contributed by atoms with E-state index in [4.69, 9.17) is 16.6 Å². The lowest BCUT2D eigenvalue weighted by Crippen LogP contribution is -2.08. The number of thiazole rings is 1. The molecule has 0 fully saturated rings. The summed E-state index contributed by atoms with van der Waals surface area (Å²) in [7, 11) is 0. The normalized spacial score (nSPS) is 13.0. The van der Waals surface area contributed by atoms with Crippen LogP contribution in [-0.2, 0) is 6.42 Å². The summed E-state index contributed by atoms with van der Waals surface area (Å²) in [4.78, 5) is 9.16. The topological polar surface area (TPSA) is 48.5 Å². The van der Waals surface area contributed by atoms with Gasteiger partial charge in [0.25, 0.3) is 0 Å². The second kappa shape index (κ2) is 6.22. The monoisotopic (exact) mass is 335 g/mol. The van der Waals surface area contributed by atoms with Crippen LogP contribution in [0.1, 0.15) is 37.9 Å². The average Bonchev–Trinajstić information content (AvgIpc) is 3.16. The highest BCUT2D eigenvalue weighted by atomic mass is 35.5. The number of imidazole rings is 1. The molecule has 0 aromatic carbocycles. The molecule has 3 heterocycles. The van der Waals surface area contributed by atoms with E-state index in [0.29, 0.717) is 11.1 Å². The molecular weight excluding hydrogens is 318 g/mol. The third-order valence-corrected chi connectivity index (χ3v) is 4.56. The Balaban J connectivity index is 1.78. The number of rotatable bonds is 5. The first-order valence-corrected chi connectivity index (χ1v) is 8.47. The van der Waals surface area contributed by atoms with Crippen LogP contribution in [0.3, 0.4) is 0 Å². The summed E-state index contributed by atoms with van der Waals surface area (Å²) in [5.74, 6) is 0.923. The van der Waals surface area contributed by atoms with Crippen molar-refractivity contribution in [2.24, 2.45) is 0 Å². The van der Waals surface area contributed by atoms with Gasteiger partial charge in [-0.3, -0.25) is 4.68 Å². The Morgan fingerprint density at radius 3 is 2.82 bits per heavy atom. The summed E-state index contributed by atoms with van der Waals surface area (Å²) in [6, 6.07) is 0.587. The third-order valence-electron chi connectivity index (χ3n) is 3.50. The van der Waals surface area contributed by atoms with Gasteiger partial charge in [0.05, 0.1) is 22.3 Å². The summed E-state index contributed by atoms with van der Waals surface area (Å²) < 4.78 is 4.01. The minimum atomic E-state index is 0.219. The first-order valence-electron chi connectivity index (χ1n) is 7.22. The highest BCUT2D eigenvalue weighted by Crippen LogP contribution is 2.25. The summed E-state index contributed by atoms with van der Waals surface area (Å²) in [6.45, 7) is 6.39. The van der Waals surface area contributed by atoms with E-state index < -0.39 is 0 Å². The van der Waals surface area contributed by atoms with Gasteiger partial charge in [-0.15, -0.1) is 11.3 Å². The summed E-state index contributed by atoms with van der Waals surface area (Å²) in [5.41, 5.74) is 0.935. The van der Waals surface area contributed by atoms with E-state index in [0.717, 1.165) is 22.9 Å². The van der Waals surface area contributed by atoms with Gasteiger partial charge in [0.1, 0.15) is 5.69 Å². The second-order valence-electron chi connectivity index (χ2n) is 5.57. The van der Waals surface area contributed by atoms with Crippen LogP contribution in [0.15, 0.2) is 30.2 Å². The fourth-order valence-electron chi connectivity index (χ4n) is 2.34. The Bertz CT molecular complexity index is 757. The van der Waals surface area contributed by atoms with Crippen LogP contribution in [0.4, 0.5) is 0 Å². The minimum absolute atomic E-state index is 0.219. The van der Waals surface area contributed by atoms with E-state index in [1.54, 1.807) is 17.5 Å². The average molecular weight is 336 g/mol. The highest BCUT2D eigenvalue weighted by molar-refractivity contribution is 7.09. The number of halogens is 1. The molecular formula is C15H18ClN5S. The molecule has 0 aliphatic heterocycles. The number of nitrogens with zero attached hydrogens (tertiary/aromatic N) is 5. The predicted octanol–water partition coefficient (Wildman–Crippen LogP) is 4.24. The van der Waals surface area contributed by atoms with E-state index in [1.807, 2.05) is 23.3 Å². The summed E-state index contributed by atoms with van der Waals surface area (Å²) in [6.07, 6.45) is 8.14. The molecule has 3 rings (SSSR count). The Morgan fingerprint density at radius 2 is 2.14 bits per heavy atom. The lowest BCUT2D eigenvalue weighted by Gasteiger charge is -2.10. The summed E-state index contributed by atoms with van der Waals surface area (Å²) >= 11 is 7.58. The molecule has 0 saturated carbocycles. The maximum absolute atomic E-state index is 5.92. The fourth-order valence-corrected chi connectivity index (χ4v) is 3.38. The lowest BCUT2D eigenvalue weighted by atomic mass is 10.2. The van der Waals surface area contributed by atoms with Gasteiger partial charge >= 0.3 is 0 Å². The SMILES string of the molecule is CC(Cc1nc(-c2nccn2C(C)C)cs1)n1cc(Cl)cn1. The molecule has 1 unspecified atom stereocenters. The number of hydrogen-bond donors (Lipinski definition) is 0. The van der Waals surface area contributed by atoms with Crippen LogP contribution in [0.5, 0.6) is 0 Å². The Labute approximate surface area is 138 Å². The van der Waals surface area contributed by atoms with E-state index in [-0.39, 0.29) is 6.04 Å². The van der Waals surface area contributed by atoms with Gasteiger partial charge in [-0.25, -0.2) is 9.97 Å². The first kappa shape index (κ1) is 15.2. The number of aromatic nitrogens is 5. The maximum Gasteiger partial charge on any atom is 0.159 e. The Morgan fingerprint density at radius 1 is 1.32 bits per heavy atom. The molecule has 0 saturated heterocycles. The van der Waals surface area contributed by atoms with Gasteiger partial charge < -0.3 is 4.57 Å². The lowest BCUT2D eigenvalue weighted by molar-refractivity contribution is 0.488. The molecule has 3 aromatic heterocycles. The van der Waals surface area contributed by atoms with E-state index in [1.165, 1.54) is 0 Å². The van der Waals surface area contributed by atoms with Crippen molar-refractivity contribution in [3.8, 4) is 11.5 Å². The van der Waals surface area contributed by atoms with Crippen molar-refractivity contribution >= 4 is 22.9 Å². The van der Waals surface area contributed by atoms with Crippen molar-refractivity contribution in [2.45, 2.75) is 39.3 Å². The number of hydrogen-bond acceptors (Lipinski definition) is 4. The zero-order valence-electron chi connectivity index (χ0n) is 12.8. The molecule has 0 bridgehead atoms. The van der Waals surface area contributed by atoms with Gasteiger partial charge in [0.15, 0.2) is 5.82 Å². The fraction of sp³-hybridized carbons (Fsp3) is 0.400. The molecule has 7 heteroatoms. The summed E-state index contributed by atoms with van der Waals surface area (Å²) in [5, 5.41) is 8.05. The van der Waals surface area contributed by atoms with E-state index in [2.05, 4.69) is 40.8 Å². The van der Waals surface area contributed by atoms with Gasteiger partial charge in [-0.05, 0) is 20.8 Å². The van der Waals surface area contributed by atoms with Crippen LogP contribution >= 0.6 is 22.9 Å². The van der Waals surface area contributed by atoms with Crippen LogP contribution in [0.25, 0.3) is 11.5 Å². The van der Waals surface area contributed by atoms with Crippen molar-refractivity contribution in [2.75, 3.05) is 0 Å². The van der Waals surface area contributed by atoms with Crippen molar-refractivity contribution < 1.29 is 0 Å². The molecule has 0 radical (unpaired) electrons. The van der Waals surface area contributed by atoms with Crippen LogP contribution in [0.2, 0.25) is 5.02 Å². The van der Waals surface area contributed by atoms with Crippen molar-refractivity contribution in [3.05, 3.63) is 40.2 Å². The van der Waals surface area contributed by atoms with Gasteiger partial charge in [-0.1, -0.05) is 11.6 Å². The van der Waals surface area contributed by atoms with E-state index in [9.17, 15) is 0 Å². The first-order chi connectivity index (χ1) is 10.5. The molecule has 3 aromatic rings. The van der Waals surface area contributed by atoms with Gasteiger partial charge in [0.2, 0.25) is 0 Å². The van der Waals surface area contributed by atoms with Crippen molar-refractivity contribution in [1.29, 1.82) is 0 Å². The highest BCUT2D eigenvalue weighted by Gasteiger charge is 2.14. The predicted molar refractivity (Wildman–Crippen MR) is 89.4 cm³/mol. The van der Waals surface area contributed by atoms with Crippen LogP contribution in [0, 0.1) is 0 Å². The zero-order valence-corrected chi connectivity index (χ0v) is 14.3. The molecule has 116 valence electrons. The standard InChI is InChI=1S/C15H18ClN5S/c1-10(2)20-5-4-17-15(20)13-9-22-14(19-13)6-11(3)21-8-12(16)7-18-21/h4-5,7-11H,6H2,1-3H3. The molecule has 22 heavy (non-hydrogen) atoms. The molecule has 5 nitrogen and oxygen atoms in total. The molecule has 0 spiro atoms. The molecule has 1 atom stereocenters. The smallest absolute Gasteiger partial charge is 0.159 e. The zero-order chi connectivity index (χ0) is 15.7. The minimum Gasteiger partial charge on any atom is -0.327 e. The Kier molecular flexibility index (Phi) is 4.31. The molecule has 0 aliphatic carbocycles. The quantitative estimate of drug-likeness (QED) is 0.700. The molecule has 0 aliphatic rings. The Hall–Kier alpha value is -1.66.